The summed E-state index contributed by atoms with van der Waals surface area (Å²) in [7, 11) is 0. The minimum absolute atomic E-state index is 0.523. The number of nitrogens with one attached hydrogen (secondary N) is 2. The minimum Gasteiger partial charge on any atom is -0.475 e. The Bertz CT molecular complexity index is 1040. The zero-order valence-electron chi connectivity index (χ0n) is 16.9. The summed E-state index contributed by atoms with van der Waals surface area (Å²) in [6.45, 7) is 4.71. The summed E-state index contributed by atoms with van der Waals surface area (Å²) < 4.78 is 31.7. The molecule has 0 radical (unpaired) electrons. The fourth-order valence-electron chi connectivity index (χ4n) is 2.53. The molecule has 170 valence electrons. The molecule has 0 spiro atoms. The molecule has 1 aliphatic rings. The van der Waals surface area contributed by atoms with Gasteiger partial charge in [0.05, 0.1) is 6.54 Å². The van der Waals surface area contributed by atoms with E-state index in [0.29, 0.717) is 18.3 Å². The number of aryl methyl sites for hydroxylation is 1. The highest BCUT2D eigenvalue weighted by Gasteiger charge is 2.38. The van der Waals surface area contributed by atoms with Gasteiger partial charge < -0.3 is 15.7 Å². The van der Waals surface area contributed by atoms with Crippen molar-refractivity contribution < 1.29 is 23.1 Å². The lowest BCUT2D eigenvalue weighted by Gasteiger charge is -2.23. The zero-order chi connectivity index (χ0) is 23.1. The average Bonchev–Trinajstić information content (AvgIpc) is 3.19. The summed E-state index contributed by atoms with van der Waals surface area (Å²) >= 11 is 1.67. The van der Waals surface area contributed by atoms with Crippen molar-refractivity contribution in [2.75, 3.05) is 18.4 Å². The van der Waals surface area contributed by atoms with Gasteiger partial charge in [-0.05, 0) is 18.6 Å². The monoisotopic (exact) mass is 467 g/mol. The summed E-state index contributed by atoms with van der Waals surface area (Å²) in [5.41, 5.74) is 1.96. The van der Waals surface area contributed by atoms with Crippen LogP contribution in [0.5, 0.6) is 0 Å². The van der Waals surface area contributed by atoms with Gasteiger partial charge in [-0.2, -0.15) is 13.2 Å². The van der Waals surface area contributed by atoms with Crippen LogP contribution in [0.4, 0.5) is 19.0 Å². The molecule has 3 N–H and O–H groups in total. The number of anilines is 1. The molecule has 13 heteroatoms. The molecule has 0 atom stereocenters. The summed E-state index contributed by atoms with van der Waals surface area (Å²) in [5.74, 6) is -0.716. The molecule has 0 unspecified atom stereocenters. The van der Waals surface area contributed by atoms with E-state index in [1.807, 2.05) is 18.2 Å². The third kappa shape index (κ3) is 6.40. The highest BCUT2D eigenvalue weighted by Crippen LogP contribution is 2.24. The smallest absolute Gasteiger partial charge is 0.475 e. The molecule has 32 heavy (non-hydrogen) atoms. The average molecular weight is 467 g/mol. The van der Waals surface area contributed by atoms with Gasteiger partial charge in [-0.3, -0.25) is 4.98 Å². The lowest BCUT2D eigenvalue weighted by Crippen LogP contribution is -2.39. The van der Waals surface area contributed by atoms with Crippen LogP contribution in [0.25, 0.3) is 11.4 Å². The number of rotatable bonds is 6. The van der Waals surface area contributed by atoms with Gasteiger partial charge in [0, 0.05) is 48.7 Å². The van der Waals surface area contributed by atoms with Gasteiger partial charge in [0.25, 0.3) is 0 Å². The van der Waals surface area contributed by atoms with Crippen molar-refractivity contribution in [1.29, 1.82) is 0 Å². The van der Waals surface area contributed by atoms with Gasteiger partial charge in [0.15, 0.2) is 5.82 Å². The summed E-state index contributed by atoms with van der Waals surface area (Å²) in [5, 5.41) is 24.4. The van der Waals surface area contributed by atoms with Crippen LogP contribution >= 0.6 is 11.3 Å². The topological polar surface area (TPSA) is 126 Å². The Balaban J connectivity index is 0.000000360. The van der Waals surface area contributed by atoms with Crippen LogP contribution in [0, 0.1) is 0 Å². The third-order valence-corrected chi connectivity index (χ3v) is 5.44. The molecule has 0 amide bonds. The maximum atomic E-state index is 10.6. The van der Waals surface area contributed by atoms with Gasteiger partial charge in [-0.25, -0.2) is 14.8 Å². The second kappa shape index (κ2) is 10.4. The number of hydrogen-bond donors (Lipinski definition) is 3. The van der Waals surface area contributed by atoms with Crippen molar-refractivity contribution >= 4 is 23.1 Å². The van der Waals surface area contributed by atoms with E-state index in [2.05, 4.69) is 42.7 Å². The van der Waals surface area contributed by atoms with Crippen LogP contribution in [0.15, 0.2) is 30.6 Å². The van der Waals surface area contributed by atoms with Crippen molar-refractivity contribution in [2.45, 2.75) is 32.0 Å². The maximum Gasteiger partial charge on any atom is 0.490 e. The van der Waals surface area contributed by atoms with Gasteiger partial charge >= 0.3 is 12.1 Å². The number of carboxylic acids is 1. The molecule has 1 aliphatic heterocycles. The highest BCUT2D eigenvalue weighted by atomic mass is 32.1. The van der Waals surface area contributed by atoms with Crippen LogP contribution in [0.3, 0.4) is 0 Å². The predicted molar refractivity (Wildman–Crippen MR) is 111 cm³/mol. The molecule has 4 heterocycles. The number of aliphatic carboxylic acids is 1. The van der Waals surface area contributed by atoms with Gasteiger partial charge in [-0.1, -0.05) is 18.3 Å². The van der Waals surface area contributed by atoms with Crippen LogP contribution in [0.1, 0.15) is 28.6 Å². The highest BCUT2D eigenvalue weighted by molar-refractivity contribution is 7.11. The first-order valence-electron chi connectivity index (χ1n) is 9.61. The predicted octanol–water partition coefficient (Wildman–Crippen LogP) is 2.88. The molecule has 4 rings (SSSR count). The number of hydrogen-bond acceptors (Lipinski definition) is 9. The molecule has 3 aromatic rings. The molecule has 0 saturated carbocycles. The largest absolute Gasteiger partial charge is 0.490 e. The van der Waals surface area contributed by atoms with Gasteiger partial charge in [0.2, 0.25) is 0 Å². The molecular weight excluding hydrogens is 447 g/mol. The molecule has 0 aromatic carbocycles. The Morgan fingerprint density at radius 1 is 1.25 bits per heavy atom. The summed E-state index contributed by atoms with van der Waals surface area (Å²) in [6, 6.07) is 5.83. The molecule has 1 saturated heterocycles. The first-order chi connectivity index (χ1) is 15.3. The SMILES string of the molecule is CCc1cc(NCc2nnc(C3CNC3)s2)nc(-c2ccncc2)n1.O=C(O)C(F)(F)F. The third-order valence-electron chi connectivity index (χ3n) is 4.36. The number of alkyl halides is 3. The molecule has 0 aliphatic carbocycles. The number of nitrogens with zero attached hydrogens (tertiary/aromatic N) is 5. The first-order valence-corrected chi connectivity index (χ1v) is 10.4. The van der Waals surface area contributed by atoms with E-state index in [1.54, 1.807) is 23.7 Å². The van der Waals surface area contributed by atoms with E-state index in [0.717, 1.165) is 46.6 Å². The Kier molecular flexibility index (Phi) is 7.64. The lowest BCUT2D eigenvalue weighted by atomic mass is 10.1. The van der Waals surface area contributed by atoms with Crippen molar-refractivity contribution in [2.24, 2.45) is 0 Å². The molecule has 1 fully saturated rings. The Hall–Kier alpha value is -3.19. The van der Waals surface area contributed by atoms with Crippen LogP contribution in [-0.2, 0) is 17.8 Å². The minimum atomic E-state index is -5.08. The standard InChI is InChI=1S/C17H19N7S.C2HF3O2/c1-2-13-7-14(22-16(21-13)11-3-5-18-6-4-11)20-10-15-23-24-17(25-15)12-8-19-9-12;3-2(4,5)1(6)7/h3-7,12,19H,2,8-10H2,1H3,(H,20,21,22);(H,6,7). The van der Waals surface area contributed by atoms with Gasteiger partial charge in [0.1, 0.15) is 15.8 Å². The zero-order valence-corrected chi connectivity index (χ0v) is 17.7. The molecule has 9 nitrogen and oxygen atoms in total. The second-order valence-electron chi connectivity index (χ2n) is 6.70. The maximum absolute atomic E-state index is 10.6. The van der Waals surface area contributed by atoms with E-state index in [9.17, 15) is 13.2 Å². The van der Waals surface area contributed by atoms with Crippen LogP contribution in [0.2, 0.25) is 0 Å². The first kappa shape index (κ1) is 23.5. The van der Waals surface area contributed by atoms with E-state index in [4.69, 9.17) is 9.90 Å². The normalized spacial score (nSPS) is 13.6. The number of pyridine rings is 1. The quantitative estimate of drug-likeness (QED) is 0.502. The molecular formula is C19H20F3N7O2S. The van der Waals surface area contributed by atoms with Crippen LogP contribution in [-0.4, -0.2) is 55.5 Å². The second-order valence-corrected chi connectivity index (χ2v) is 7.80. The van der Waals surface area contributed by atoms with E-state index in [-0.39, 0.29) is 0 Å². The molecule has 3 aromatic heterocycles. The van der Waals surface area contributed by atoms with Crippen LogP contribution < -0.4 is 10.6 Å². The number of aromatic nitrogens is 5. The van der Waals surface area contributed by atoms with Crippen molar-refractivity contribution in [3.8, 4) is 11.4 Å². The Morgan fingerprint density at radius 2 is 1.94 bits per heavy atom. The van der Waals surface area contributed by atoms with Crippen molar-refractivity contribution in [1.82, 2.24) is 30.5 Å². The van der Waals surface area contributed by atoms with Crippen molar-refractivity contribution in [3.05, 3.63) is 46.3 Å². The number of carboxylic acid groups (broad SMARTS) is 1. The molecule has 0 bridgehead atoms. The van der Waals surface area contributed by atoms with E-state index < -0.39 is 12.1 Å². The van der Waals surface area contributed by atoms with Gasteiger partial charge in [-0.15, -0.1) is 10.2 Å². The lowest BCUT2D eigenvalue weighted by molar-refractivity contribution is -0.192. The fraction of sp³-hybridized carbons (Fsp3) is 0.368. The van der Waals surface area contributed by atoms with Crippen molar-refractivity contribution in [3.63, 3.8) is 0 Å². The Labute approximate surface area is 185 Å². The number of carbonyl (C=O) groups is 1. The summed E-state index contributed by atoms with van der Waals surface area (Å²) in [4.78, 5) is 22.2. The number of halogens is 3. The summed E-state index contributed by atoms with van der Waals surface area (Å²) in [6.07, 6.45) is -0.724. The Morgan fingerprint density at radius 3 is 2.50 bits per heavy atom. The van der Waals surface area contributed by atoms with E-state index >= 15 is 0 Å². The van der Waals surface area contributed by atoms with E-state index in [1.165, 1.54) is 0 Å². The fourth-order valence-corrected chi connectivity index (χ4v) is 3.41.